The normalized spacial score (nSPS) is 10.1. The van der Waals surface area contributed by atoms with Gasteiger partial charge in [0.2, 0.25) is 4.73 Å². The summed E-state index contributed by atoms with van der Waals surface area (Å²) >= 11 is 4.55. The fourth-order valence-corrected chi connectivity index (χ4v) is 1.88. The molecule has 2 aromatic rings. The lowest BCUT2D eigenvalue weighted by Gasteiger charge is -1.90. The maximum atomic E-state index is 4.16. The second-order valence-corrected chi connectivity index (χ2v) is 3.57. The second kappa shape index (κ2) is 3.28. The summed E-state index contributed by atoms with van der Waals surface area (Å²) in [6.07, 6.45) is 3.51. The Morgan fingerprint density at radius 2 is 2.33 bits per heavy atom. The Balaban J connectivity index is 2.45. The second-order valence-electron chi connectivity index (χ2n) is 2.11. The summed E-state index contributed by atoms with van der Waals surface area (Å²) in [5.74, 6) is 0. The van der Waals surface area contributed by atoms with Crippen LogP contribution < -0.4 is 0 Å². The molecule has 12 heavy (non-hydrogen) atoms. The average molecular weight is 242 g/mol. The number of rotatable bonds is 1. The number of hydrogen-bond donors (Lipinski definition) is 0. The van der Waals surface area contributed by atoms with Crippen LogP contribution in [0.4, 0.5) is 0 Å². The molecule has 2 aromatic heterocycles. The molecule has 60 valence electrons. The molecule has 0 amide bonds. The van der Waals surface area contributed by atoms with Crippen LogP contribution in [0.2, 0.25) is 0 Å². The number of halogens is 1. The van der Waals surface area contributed by atoms with Crippen LogP contribution in [0.3, 0.4) is 0 Å². The van der Waals surface area contributed by atoms with Gasteiger partial charge in [0.15, 0.2) is 0 Å². The first-order valence-corrected chi connectivity index (χ1v) is 4.82. The number of nitrogens with zero attached hydrogens (tertiary/aromatic N) is 3. The largest absolute Gasteiger partial charge is 0.264 e. The van der Waals surface area contributed by atoms with E-state index in [0.717, 1.165) is 10.6 Å². The van der Waals surface area contributed by atoms with Gasteiger partial charge in [-0.05, 0) is 39.6 Å². The first-order valence-electron chi connectivity index (χ1n) is 3.26. The summed E-state index contributed by atoms with van der Waals surface area (Å²) in [4.78, 5) is 8.16. The van der Waals surface area contributed by atoms with Crippen molar-refractivity contribution in [3.05, 3.63) is 29.3 Å². The van der Waals surface area contributed by atoms with Gasteiger partial charge in [0.05, 0.1) is 0 Å². The monoisotopic (exact) mass is 241 g/mol. The van der Waals surface area contributed by atoms with Gasteiger partial charge in [0, 0.05) is 18.0 Å². The SMILES string of the molecule is Brc1nsc(-c2cccnc2)n1. The van der Waals surface area contributed by atoms with Crippen molar-refractivity contribution in [1.82, 2.24) is 14.3 Å². The lowest BCUT2D eigenvalue weighted by molar-refractivity contribution is 1.25. The van der Waals surface area contributed by atoms with Crippen molar-refractivity contribution in [2.75, 3.05) is 0 Å². The Hall–Kier alpha value is -0.810. The highest BCUT2D eigenvalue weighted by atomic mass is 79.9. The van der Waals surface area contributed by atoms with E-state index in [4.69, 9.17) is 0 Å². The van der Waals surface area contributed by atoms with Gasteiger partial charge >= 0.3 is 0 Å². The van der Waals surface area contributed by atoms with Gasteiger partial charge in [-0.15, -0.1) is 0 Å². The molecule has 3 nitrogen and oxygen atoms in total. The zero-order valence-electron chi connectivity index (χ0n) is 5.94. The molecule has 0 bridgehead atoms. The first kappa shape index (κ1) is 7.82. The van der Waals surface area contributed by atoms with Crippen molar-refractivity contribution in [1.29, 1.82) is 0 Å². The third-order valence-corrected chi connectivity index (χ3v) is 2.66. The van der Waals surface area contributed by atoms with Gasteiger partial charge in [0.1, 0.15) is 5.01 Å². The zero-order chi connectivity index (χ0) is 8.39. The molecule has 0 aliphatic carbocycles. The highest BCUT2D eigenvalue weighted by molar-refractivity contribution is 9.10. The zero-order valence-corrected chi connectivity index (χ0v) is 8.34. The van der Waals surface area contributed by atoms with E-state index in [1.54, 1.807) is 12.4 Å². The van der Waals surface area contributed by atoms with Gasteiger partial charge in [0.25, 0.3) is 0 Å². The lowest BCUT2D eigenvalue weighted by Crippen LogP contribution is -1.76. The predicted molar refractivity (Wildman–Crippen MR) is 50.8 cm³/mol. The molecule has 0 radical (unpaired) electrons. The molecule has 0 aliphatic heterocycles. The predicted octanol–water partition coefficient (Wildman–Crippen LogP) is 2.36. The molecule has 0 unspecified atom stereocenters. The van der Waals surface area contributed by atoms with Crippen LogP contribution in [0.15, 0.2) is 29.3 Å². The van der Waals surface area contributed by atoms with Crippen molar-refractivity contribution in [2.24, 2.45) is 0 Å². The molecule has 0 spiro atoms. The van der Waals surface area contributed by atoms with Gasteiger partial charge in [-0.25, -0.2) is 4.98 Å². The third-order valence-electron chi connectivity index (χ3n) is 1.31. The van der Waals surface area contributed by atoms with E-state index in [2.05, 4.69) is 30.3 Å². The van der Waals surface area contributed by atoms with Crippen molar-refractivity contribution in [3.63, 3.8) is 0 Å². The summed E-state index contributed by atoms with van der Waals surface area (Å²) in [6.45, 7) is 0. The van der Waals surface area contributed by atoms with E-state index in [9.17, 15) is 0 Å². The Bertz CT molecular complexity index is 373. The highest BCUT2D eigenvalue weighted by Crippen LogP contribution is 2.21. The summed E-state index contributed by atoms with van der Waals surface area (Å²) in [6, 6.07) is 3.84. The van der Waals surface area contributed by atoms with Crippen molar-refractivity contribution < 1.29 is 0 Å². The van der Waals surface area contributed by atoms with E-state index < -0.39 is 0 Å². The summed E-state index contributed by atoms with van der Waals surface area (Å²) in [5, 5.41) is 0.884. The molecule has 0 aliphatic rings. The lowest BCUT2D eigenvalue weighted by atomic mass is 10.3. The average Bonchev–Trinajstić information content (AvgIpc) is 2.54. The van der Waals surface area contributed by atoms with Crippen molar-refractivity contribution >= 4 is 27.5 Å². The van der Waals surface area contributed by atoms with Gasteiger partial charge in [-0.3, -0.25) is 4.98 Å². The molecule has 0 saturated carbocycles. The Morgan fingerprint density at radius 3 is 2.92 bits per heavy atom. The van der Waals surface area contributed by atoms with Crippen LogP contribution in [0.1, 0.15) is 0 Å². The Labute approximate surface area is 81.8 Å². The van der Waals surface area contributed by atoms with Gasteiger partial charge < -0.3 is 0 Å². The molecule has 0 fully saturated rings. The Morgan fingerprint density at radius 1 is 1.42 bits per heavy atom. The molecular weight excluding hydrogens is 238 g/mol. The molecule has 2 rings (SSSR count). The fourth-order valence-electron chi connectivity index (χ4n) is 0.812. The molecule has 0 saturated heterocycles. The van der Waals surface area contributed by atoms with E-state index in [1.165, 1.54) is 11.5 Å². The quantitative estimate of drug-likeness (QED) is 0.770. The fraction of sp³-hybridized carbons (Fsp3) is 0. The van der Waals surface area contributed by atoms with Crippen molar-refractivity contribution in [2.45, 2.75) is 0 Å². The van der Waals surface area contributed by atoms with Gasteiger partial charge in [-0.2, -0.15) is 4.37 Å². The van der Waals surface area contributed by atoms with Crippen LogP contribution in [0.25, 0.3) is 10.6 Å². The number of pyridine rings is 1. The maximum Gasteiger partial charge on any atom is 0.209 e. The minimum absolute atomic E-state index is 0.631. The highest BCUT2D eigenvalue weighted by Gasteiger charge is 2.02. The standard InChI is InChI=1S/C7H4BrN3S/c8-7-10-6(12-11-7)5-2-1-3-9-4-5/h1-4H. The molecule has 2 heterocycles. The number of aromatic nitrogens is 3. The number of hydrogen-bond acceptors (Lipinski definition) is 4. The molecule has 0 atom stereocenters. The van der Waals surface area contributed by atoms with Crippen LogP contribution in [-0.4, -0.2) is 14.3 Å². The topological polar surface area (TPSA) is 38.7 Å². The summed E-state index contributed by atoms with van der Waals surface area (Å²) < 4.78 is 4.64. The van der Waals surface area contributed by atoms with E-state index >= 15 is 0 Å². The van der Waals surface area contributed by atoms with E-state index in [1.807, 2.05) is 12.1 Å². The van der Waals surface area contributed by atoms with Gasteiger partial charge in [-0.1, -0.05) is 0 Å². The van der Waals surface area contributed by atoms with Crippen LogP contribution in [-0.2, 0) is 0 Å². The summed E-state index contributed by atoms with van der Waals surface area (Å²) in [7, 11) is 0. The molecule has 0 N–H and O–H groups in total. The summed E-state index contributed by atoms with van der Waals surface area (Å²) in [5.41, 5.74) is 1.00. The third kappa shape index (κ3) is 1.51. The van der Waals surface area contributed by atoms with Crippen LogP contribution >= 0.6 is 27.5 Å². The maximum absolute atomic E-state index is 4.16. The van der Waals surface area contributed by atoms with E-state index in [0.29, 0.717) is 4.73 Å². The van der Waals surface area contributed by atoms with Crippen LogP contribution in [0, 0.1) is 0 Å². The smallest absolute Gasteiger partial charge is 0.209 e. The van der Waals surface area contributed by atoms with E-state index in [-0.39, 0.29) is 0 Å². The first-order chi connectivity index (χ1) is 5.86. The minimum Gasteiger partial charge on any atom is -0.264 e. The molecular formula is C7H4BrN3S. The molecule has 0 aromatic carbocycles. The Kier molecular flexibility index (Phi) is 2.14. The minimum atomic E-state index is 0.631. The van der Waals surface area contributed by atoms with Crippen LogP contribution in [0.5, 0.6) is 0 Å². The van der Waals surface area contributed by atoms with Crippen molar-refractivity contribution in [3.8, 4) is 10.6 Å². The molecule has 5 heteroatoms.